The molecule has 2 heterocycles. The Morgan fingerprint density at radius 2 is 2.20 bits per heavy atom. The van der Waals surface area contributed by atoms with Crippen molar-refractivity contribution in [3.63, 3.8) is 0 Å². The lowest BCUT2D eigenvalue weighted by molar-refractivity contribution is 0.0687. The molecule has 1 fully saturated rings. The molecule has 1 aromatic rings. The number of nitrogens with zero attached hydrogens (tertiary/aromatic N) is 2. The van der Waals surface area contributed by atoms with Gasteiger partial charge in [0.2, 0.25) is 0 Å². The summed E-state index contributed by atoms with van der Waals surface area (Å²) in [6, 6.07) is -0.147. The Morgan fingerprint density at radius 3 is 2.75 bits per heavy atom. The molecule has 0 aromatic carbocycles. The maximum absolute atomic E-state index is 12.2. The number of carboxylic acid groups (broad SMARTS) is 1. The molecule has 0 unspecified atom stereocenters. The van der Waals surface area contributed by atoms with E-state index in [-0.39, 0.29) is 10.3 Å². The molecule has 0 saturated carbocycles. The molecule has 1 aliphatic heterocycles. The summed E-state index contributed by atoms with van der Waals surface area (Å²) in [5, 5.41) is 8.94. The Bertz CT molecular complexity index is 576. The smallest absolute Gasteiger partial charge is 0.356 e. The zero-order valence-electron chi connectivity index (χ0n) is 11.1. The molecule has 9 heteroatoms. The van der Waals surface area contributed by atoms with Gasteiger partial charge >= 0.3 is 5.97 Å². The molecule has 1 aliphatic rings. The van der Waals surface area contributed by atoms with Crippen LogP contribution in [0.3, 0.4) is 0 Å². The van der Waals surface area contributed by atoms with Crippen molar-refractivity contribution in [1.82, 2.24) is 14.6 Å². The van der Waals surface area contributed by atoms with Crippen molar-refractivity contribution in [2.45, 2.75) is 30.0 Å². The van der Waals surface area contributed by atoms with Gasteiger partial charge in [-0.1, -0.05) is 6.92 Å². The van der Waals surface area contributed by atoms with Crippen LogP contribution in [0.5, 0.6) is 0 Å². The number of sulfonamides is 1. The zero-order valence-corrected chi connectivity index (χ0v) is 12.7. The summed E-state index contributed by atoms with van der Waals surface area (Å²) in [4.78, 5) is 16.8. The predicted octanol–water partition coefficient (Wildman–Crippen LogP) is 0.604. The van der Waals surface area contributed by atoms with Gasteiger partial charge in [0, 0.05) is 6.04 Å². The number of likely N-dealkylation sites (tertiary alicyclic amines) is 1. The van der Waals surface area contributed by atoms with Gasteiger partial charge < -0.3 is 10.0 Å². The summed E-state index contributed by atoms with van der Waals surface area (Å²) < 4.78 is 26.8. The van der Waals surface area contributed by atoms with Crippen molar-refractivity contribution in [3.05, 3.63) is 11.2 Å². The van der Waals surface area contributed by atoms with Crippen LogP contribution in [-0.4, -0.2) is 55.1 Å². The summed E-state index contributed by atoms with van der Waals surface area (Å²) in [6.07, 6.45) is 1.46. The number of carbonyl (C=O) groups is 1. The van der Waals surface area contributed by atoms with Crippen molar-refractivity contribution >= 4 is 27.3 Å². The van der Waals surface area contributed by atoms with Crippen LogP contribution in [0.2, 0.25) is 0 Å². The number of thiazole rings is 1. The Kier molecular flexibility index (Phi) is 4.74. The van der Waals surface area contributed by atoms with Crippen LogP contribution in [0, 0.1) is 0 Å². The van der Waals surface area contributed by atoms with E-state index in [0.29, 0.717) is 0 Å². The summed E-state index contributed by atoms with van der Waals surface area (Å²) in [6.45, 7) is 4.72. The largest absolute Gasteiger partial charge is 0.476 e. The molecule has 112 valence electrons. The molecule has 0 spiro atoms. The monoisotopic (exact) mass is 319 g/mol. The van der Waals surface area contributed by atoms with Crippen LogP contribution in [0.4, 0.5) is 0 Å². The Hall–Kier alpha value is -1.03. The van der Waals surface area contributed by atoms with E-state index < -0.39 is 21.7 Å². The molecule has 2 N–H and O–H groups in total. The van der Waals surface area contributed by atoms with E-state index in [1.165, 1.54) is 5.51 Å². The van der Waals surface area contributed by atoms with E-state index in [1.807, 2.05) is 0 Å². The number of hydrogen-bond donors (Lipinski definition) is 2. The van der Waals surface area contributed by atoms with Crippen LogP contribution in [-0.2, 0) is 10.0 Å². The highest BCUT2D eigenvalue weighted by molar-refractivity contribution is 7.91. The standard InChI is InChI=1S/C11H17N3O4S2/c1-2-14-5-3-8(4-6-14)13-20(17,18)11-9(10(15)16)12-7-19-11/h7-8,13H,2-6H2,1H3,(H,15,16). The van der Waals surface area contributed by atoms with Crippen molar-refractivity contribution in [2.75, 3.05) is 19.6 Å². The third-order valence-electron chi connectivity index (χ3n) is 3.34. The van der Waals surface area contributed by atoms with Crippen molar-refractivity contribution in [1.29, 1.82) is 0 Å². The number of aromatic nitrogens is 1. The van der Waals surface area contributed by atoms with Crippen molar-refractivity contribution in [2.24, 2.45) is 0 Å². The number of carboxylic acids is 1. The van der Waals surface area contributed by atoms with E-state index >= 15 is 0 Å². The van der Waals surface area contributed by atoms with Gasteiger partial charge in [-0.3, -0.25) is 0 Å². The average Bonchev–Trinajstić information content (AvgIpc) is 2.89. The maximum atomic E-state index is 12.2. The molecule has 1 saturated heterocycles. The molecule has 20 heavy (non-hydrogen) atoms. The Morgan fingerprint density at radius 1 is 1.55 bits per heavy atom. The van der Waals surface area contributed by atoms with E-state index in [1.54, 1.807) is 0 Å². The van der Waals surface area contributed by atoms with E-state index in [0.717, 1.165) is 43.8 Å². The normalized spacial score (nSPS) is 18.2. The summed E-state index contributed by atoms with van der Waals surface area (Å²) in [7, 11) is -3.81. The van der Waals surface area contributed by atoms with Gasteiger partial charge in [0.05, 0.1) is 5.51 Å². The SMILES string of the molecule is CCN1CCC(NS(=O)(=O)c2scnc2C(=O)O)CC1. The predicted molar refractivity (Wildman–Crippen MR) is 74.5 cm³/mol. The molecule has 0 atom stereocenters. The van der Waals surface area contributed by atoms with Gasteiger partial charge in [-0.05, 0) is 32.5 Å². The number of rotatable bonds is 5. The first-order valence-electron chi connectivity index (χ1n) is 6.35. The number of aromatic carboxylic acids is 1. The Balaban J connectivity index is 2.08. The first kappa shape index (κ1) is 15.4. The molecule has 7 nitrogen and oxygen atoms in total. The quantitative estimate of drug-likeness (QED) is 0.824. The zero-order chi connectivity index (χ0) is 14.8. The molecule has 0 bridgehead atoms. The maximum Gasteiger partial charge on any atom is 0.356 e. The van der Waals surface area contributed by atoms with Crippen molar-refractivity contribution < 1.29 is 18.3 Å². The highest BCUT2D eigenvalue weighted by Crippen LogP contribution is 2.21. The molecule has 2 rings (SSSR count). The molecule has 0 amide bonds. The molecule has 1 aromatic heterocycles. The van der Waals surface area contributed by atoms with Crippen LogP contribution >= 0.6 is 11.3 Å². The van der Waals surface area contributed by atoms with Crippen LogP contribution < -0.4 is 4.72 Å². The fourth-order valence-corrected chi connectivity index (χ4v) is 4.67. The topological polar surface area (TPSA) is 99.6 Å². The third kappa shape index (κ3) is 3.35. The van der Waals surface area contributed by atoms with Gasteiger partial charge in [-0.25, -0.2) is 22.9 Å². The number of piperidine rings is 1. The molecular weight excluding hydrogens is 302 g/mol. The highest BCUT2D eigenvalue weighted by Gasteiger charge is 2.29. The fraction of sp³-hybridized carbons (Fsp3) is 0.636. The second kappa shape index (κ2) is 6.17. The molecule has 0 radical (unpaired) electrons. The molecule has 0 aliphatic carbocycles. The van der Waals surface area contributed by atoms with Gasteiger partial charge in [0.1, 0.15) is 0 Å². The fourth-order valence-electron chi connectivity index (χ4n) is 2.21. The highest BCUT2D eigenvalue weighted by atomic mass is 32.2. The second-order valence-electron chi connectivity index (χ2n) is 4.62. The first-order valence-corrected chi connectivity index (χ1v) is 8.71. The minimum absolute atomic E-state index is 0.147. The number of hydrogen-bond acceptors (Lipinski definition) is 6. The lowest BCUT2D eigenvalue weighted by Gasteiger charge is -2.31. The lowest BCUT2D eigenvalue weighted by Crippen LogP contribution is -2.44. The summed E-state index contributed by atoms with van der Waals surface area (Å²) >= 11 is 0.826. The third-order valence-corrected chi connectivity index (χ3v) is 6.23. The lowest BCUT2D eigenvalue weighted by atomic mass is 10.1. The van der Waals surface area contributed by atoms with Crippen LogP contribution in [0.1, 0.15) is 30.3 Å². The van der Waals surface area contributed by atoms with Gasteiger partial charge in [-0.15, -0.1) is 11.3 Å². The summed E-state index contributed by atoms with van der Waals surface area (Å²) in [5.74, 6) is -1.33. The van der Waals surface area contributed by atoms with E-state index in [4.69, 9.17) is 5.11 Å². The van der Waals surface area contributed by atoms with Crippen LogP contribution in [0.15, 0.2) is 9.72 Å². The molecular formula is C11H17N3O4S2. The Labute approximate surface area is 121 Å². The van der Waals surface area contributed by atoms with Crippen molar-refractivity contribution in [3.8, 4) is 0 Å². The van der Waals surface area contributed by atoms with Gasteiger partial charge in [0.15, 0.2) is 9.90 Å². The van der Waals surface area contributed by atoms with E-state index in [9.17, 15) is 13.2 Å². The average molecular weight is 319 g/mol. The summed E-state index contributed by atoms with van der Waals surface area (Å²) in [5.41, 5.74) is 0.825. The first-order chi connectivity index (χ1) is 9.44. The van der Waals surface area contributed by atoms with Gasteiger partial charge in [-0.2, -0.15) is 0 Å². The van der Waals surface area contributed by atoms with E-state index in [2.05, 4.69) is 21.5 Å². The van der Waals surface area contributed by atoms with Gasteiger partial charge in [0.25, 0.3) is 10.0 Å². The number of nitrogens with one attached hydrogen (secondary N) is 1. The minimum Gasteiger partial charge on any atom is -0.476 e. The van der Waals surface area contributed by atoms with Crippen LogP contribution in [0.25, 0.3) is 0 Å². The minimum atomic E-state index is -3.81. The second-order valence-corrected chi connectivity index (χ2v) is 7.39.